The fraction of sp³-hybridized carbons (Fsp3) is 0.176. The van der Waals surface area contributed by atoms with Gasteiger partial charge in [-0.15, -0.1) is 11.6 Å². The molecule has 1 atom stereocenters. The molecule has 1 unspecified atom stereocenters. The highest BCUT2D eigenvalue weighted by Crippen LogP contribution is 2.27. The fourth-order valence-corrected chi connectivity index (χ4v) is 2.37. The van der Waals surface area contributed by atoms with Crippen LogP contribution in [-0.2, 0) is 12.8 Å². The van der Waals surface area contributed by atoms with E-state index in [0.29, 0.717) is 11.7 Å². The third kappa shape index (κ3) is 3.50. The minimum absolute atomic E-state index is 0.399. The van der Waals surface area contributed by atoms with Gasteiger partial charge in [-0.05, 0) is 17.5 Å². The van der Waals surface area contributed by atoms with Crippen molar-refractivity contribution in [2.24, 2.45) is 0 Å². The first kappa shape index (κ1) is 13.8. The fourth-order valence-electron chi connectivity index (χ4n) is 2.14. The van der Waals surface area contributed by atoms with Gasteiger partial charge in [-0.2, -0.15) is 4.98 Å². The molecule has 3 nitrogen and oxygen atoms in total. The Balaban J connectivity index is 1.66. The molecule has 0 saturated carbocycles. The molecule has 0 spiro atoms. The molecule has 0 amide bonds. The molecular weight excluding hydrogens is 284 g/mol. The van der Waals surface area contributed by atoms with E-state index in [1.54, 1.807) is 0 Å². The molecule has 0 saturated heterocycles. The van der Waals surface area contributed by atoms with Gasteiger partial charge in [0.1, 0.15) is 5.38 Å². The van der Waals surface area contributed by atoms with Gasteiger partial charge >= 0.3 is 0 Å². The third-order valence-corrected chi connectivity index (χ3v) is 3.71. The van der Waals surface area contributed by atoms with E-state index in [4.69, 9.17) is 16.1 Å². The number of hydrogen-bond acceptors (Lipinski definition) is 3. The van der Waals surface area contributed by atoms with Crippen LogP contribution < -0.4 is 0 Å². The van der Waals surface area contributed by atoms with Crippen LogP contribution in [0.4, 0.5) is 0 Å². The molecule has 0 bridgehead atoms. The van der Waals surface area contributed by atoms with Crippen molar-refractivity contribution in [2.45, 2.75) is 18.2 Å². The maximum Gasteiger partial charge on any atom is 0.249 e. The Morgan fingerprint density at radius 1 is 0.905 bits per heavy atom. The molecule has 1 heterocycles. The van der Waals surface area contributed by atoms with Crippen LogP contribution in [0.25, 0.3) is 0 Å². The van der Waals surface area contributed by atoms with Gasteiger partial charge in [-0.1, -0.05) is 65.8 Å². The predicted molar refractivity (Wildman–Crippen MR) is 82.3 cm³/mol. The van der Waals surface area contributed by atoms with E-state index in [0.717, 1.165) is 18.4 Å². The van der Waals surface area contributed by atoms with Crippen molar-refractivity contribution in [3.05, 3.63) is 83.5 Å². The molecule has 0 fully saturated rings. The van der Waals surface area contributed by atoms with Gasteiger partial charge in [0.05, 0.1) is 0 Å². The lowest BCUT2D eigenvalue weighted by Gasteiger charge is -2.03. The Morgan fingerprint density at radius 2 is 1.57 bits per heavy atom. The Hall–Kier alpha value is -2.13. The zero-order valence-corrected chi connectivity index (χ0v) is 12.2. The van der Waals surface area contributed by atoms with Crippen molar-refractivity contribution in [2.75, 3.05) is 0 Å². The summed E-state index contributed by atoms with van der Waals surface area (Å²) < 4.78 is 5.28. The minimum Gasteiger partial charge on any atom is -0.337 e. The normalized spacial score (nSPS) is 12.2. The highest BCUT2D eigenvalue weighted by molar-refractivity contribution is 6.22. The average Bonchev–Trinajstić information content (AvgIpc) is 3.03. The van der Waals surface area contributed by atoms with E-state index in [1.807, 2.05) is 48.5 Å². The summed E-state index contributed by atoms with van der Waals surface area (Å²) in [6.07, 6.45) is 1.63. The molecular formula is C17H15ClN2O. The maximum absolute atomic E-state index is 6.37. The quantitative estimate of drug-likeness (QED) is 0.663. The molecule has 0 N–H and O–H groups in total. The van der Waals surface area contributed by atoms with E-state index >= 15 is 0 Å². The summed E-state index contributed by atoms with van der Waals surface area (Å²) in [5.74, 6) is 1.14. The van der Waals surface area contributed by atoms with Crippen LogP contribution in [0.2, 0.25) is 0 Å². The van der Waals surface area contributed by atoms with Crippen LogP contribution in [-0.4, -0.2) is 10.1 Å². The van der Waals surface area contributed by atoms with Crippen LogP contribution in [0, 0.1) is 0 Å². The van der Waals surface area contributed by atoms with Gasteiger partial charge in [-0.25, -0.2) is 0 Å². The van der Waals surface area contributed by atoms with Crippen molar-refractivity contribution in [1.29, 1.82) is 0 Å². The smallest absolute Gasteiger partial charge is 0.249 e. The lowest BCUT2D eigenvalue weighted by Crippen LogP contribution is -1.96. The van der Waals surface area contributed by atoms with Gasteiger partial charge < -0.3 is 4.52 Å². The predicted octanol–water partition coefficient (Wildman–Crippen LogP) is 4.18. The molecule has 21 heavy (non-hydrogen) atoms. The zero-order valence-electron chi connectivity index (χ0n) is 11.4. The first-order valence-corrected chi connectivity index (χ1v) is 7.32. The summed E-state index contributed by atoms with van der Waals surface area (Å²) in [6, 6.07) is 20.0. The van der Waals surface area contributed by atoms with Gasteiger partial charge in [0.2, 0.25) is 5.89 Å². The van der Waals surface area contributed by atoms with E-state index in [9.17, 15) is 0 Å². The molecule has 0 aliphatic heterocycles. The van der Waals surface area contributed by atoms with Crippen molar-refractivity contribution >= 4 is 11.6 Å². The number of halogens is 1. The topological polar surface area (TPSA) is 38.9 Å². The number of rotatable bonds is 5. The molecule has 0 radical (unpaired) electrons. The molecule has 0 aliphatic rings. The summed E-state index contributed by atoms with van der Waals surface area (Å²) in [6.45, 7) is 0. The molecule has 4 heteroatoms. The summed E-state index contributed by atoms with van der Waals surface area (Å²) in [5.41, 5.74) is 2.21. The lowest BCUT2D eigenvalue weighted by molar-refractivity contribution is 0.376. The standard InChI is InChI=1S/C17H15ClN2O/c18-16(14-9-5-2-6-10-14)17-19-15(20-21-17)12-11-13-7-3-1-4-8-13/h1-10,16H,11-12H2. The lowest BCUT2D eigenvalue weighted by atomic mass is 10.1. The molecule has 0 aliphatic carbocycles. The average molecular weight is 299 g/mol. The van der Waals surface area contributed by atoms with Gasteiger partial charge in [0.15, 0.2) is 5.82 Å². The second-order valence-corrected chi connectivity index (χ2v) is 5.24. The molecule has 106 valence electrons. The summed E-state index contributed by atoms with van der Waals surface area (Å²) >= 11 is 6.37. The monoisotopic (exact) mass is 298 g/mol. The molecule has 3 aromatic rings. The van der Waals surface area contributed by atoms with Crippen LogP contribution >= 0.6 is 11.6 Å². The minimum atomic E-state index is -0.399. The van der Waals surface area contributed by atoms with Crippen LogP contribution in [0.15, 0.2) is 65.2 Å². The van der Waals surface area contributed by atoms with Crippen LogP contribution in [0.3, 0.4) is 0 Å². The molecule has 1 aromatic heterocycles. The summed E-state index contributed by atoms with van der Waals surface area (Å²) in [5, 5.41) is 3.61. The summed E-state index contributed by atoms with van der Waals surface area (Å²) in [7, 11) is 0. The van der Waals surface area contributed by atoms with E-state index in [-0.39, 0.29) is 0 Å². The summed E-state index contributed by atoms with van der Waals surface area (Å²) in [4.78, 5) is 4.39. The highest BCUT2D eigenvalue weighted by Gasteiger charge is 2.18. The van der Waals surface area contributed by atoms with Crippen molar-refractivity contribution < 1.29 is 4.52 Å². The van der Waals surface area contributed by atoms with E-state index < -0.39 is 5.38 Å². The van der Waals surface area contributed by atoms with Gasteiger partial charge in [-0.3, -0.25) is 0 Å². The Labute approximate surface area is 128 Å². The number of alkyl halides is 1. The second-order valence-electron chi connectivity index (χ2n) is 4.81. The number of benzene rings is 2. The highest BCUT2D eigenvalue weighted by atomic mass is 35.5. The largest absolute Gasteiger partial charge is 0.337 e. The Bertz CT molecular complexity index is 682. The Morgan fingerprint density at radius 3 is 2.29 bits per heavy atom. The Kier molecular flexibility index (Phi) is 4.31. The SMILES string of the molecule is ClC(c1ccccc1)c1nc(CCc2ccccc2)no1. The number of nitrogens with zero attached hydrogens (tertiary/aromatic N) is 2. The van der Waals surface area contributed by atoms with Crippen molar-refractivity contribution in [1.82, 2.24) is 10.1 Å². The third-order valence-electron chi connectivity index (χ3n) is 3.27. The van der Waals surface area contributed by atoms with E-state index in [1.165, 1.54) is 5.56 Å². The number of aromatic nitrogens is 2. The maximum atomic E-state index is 6.37. The van der Waals surface area contributed by atoms with Crippen LogP contribution in [0.5, 0.6) is 0 Å². The van der Waals surface area contributed by atoms with E-state index in [2.05, 4.69) is 22.3 Å². The number of aryl methyl sites for hydroxylation is 2. The second kappa shape index (κ2) is 6.55. The number of hydrogen-bond donors (Lipinski definition) is 0. The first-order valence-electron chi connectivity index (χ1n) is 6.88. The van der Waals surface area contributed by atoms with Crippen molar-refractivity contribution in [3.63, 3.8) is 0 Å². The molecule has 3 rings (SSSR count). The van der Waals surface area contributed by atoms with Crippen molar-refractivity contribution in [3.8, 4) is 0 Å². The molecule has 2 aromatic carbocycles. The van der Waals surface area contributed by atoms with Gasteiger partial charge in [0.25, 0.3) is 0 Å². The van der Waals surface area contributed by atoms with Crippen LogP contribution in [0.1, 0.15) is 28.2 Å². The zero-order chi connectivity index (χ0) is 14.5. The van der Waals surface area contributed by atoms with Gasteiger partial charge in [0, 0.05) is 6.42 Å². The first-order chi connectivity index (χ1) is 10.3.